The number of nitrogens with one attached hydrogen (secondary N) is 2. The predicted octanol–water partition coefficient (Wildman–Crippen LogP) is 2.18. The van der Waals surface area contributed by atoms with Gasteiger partial charge in [0, 0.05) is 16.6 Å². The van der Waals surface area contributed by atoms with Crippen molar-refractivity contribution in [2.75, 3.05) is 19.6 Å². The van der Waals surface area contributed by atoms with Gasteiger partial charge < -0.3 is 10.6 Å². The molecule has 2 N–H and O–H groups in total. The maximum atomic E-state index is 11.6. The standard InChI is InChI=1S/C12H17BrN2O/c1-2-14-8-3-9-15-12(16)10-4-6-11(13)7-5-10/h4-7,14H,2-3,8-9H2,1H3,(H,15,16). The second-order valence-corrected chi connectivity index (χ2v) is 4.39. The highest BCUT2D eigenvalue weighted by Crippen LogP contribution is 2.10. The van der Waals surface area contributed by atoms with Crippen LogP contribution in [-0.4, -0.2) is 25.5 Å². The quantitative estimate of drug-likeness (QED) is 0.787. The third-order valence-electron chi connectivity index (χ3n) is 2.17. The molecule has 0 bridgehead atoms. The maximum Gasteiger partial charge on any atom is 0.251 e. The lowest BCUT2D eigenvalue weighted by molar-refractivity contribution is 0.0953. The lowest BCUT2D eigenvalue weighted by atomic mass is 10.2. The number of rotatable bonds is 6. The fraction of sp³-hybridized carbons (Fsp3) is 0.417. The first-order chi connectivity index (χ1) is 7.74. The van der Waals surface area contributed by atoms with Gasteiger partial charge >= 0.3 is 0 Å². The fourth-order valence-electron chi connectivity index (χ4n) is 1.30. The fourth-order valence-corrected chi connectivity index (χ4v) is 1.56. The molecule has 0 aliphatic rings. The summed E-state index contributed by atoms with van der Waals surface area (Å²) in [5.74, 6) is -0.0102. The highest BCUT2D eigenvalue weighted by molar-refractivity contribution is 9.10. The molecular formula is C12H17BrN2O. The molecule has 0 heterocycles. The van der Waals surface area contributed by atoms with Crippen LogP contribution in [0.1, 0.15) is 23.7 Å². The summed E-state index contributed by atoms with van der Waals surface area (Å²) in [5.41, 5.74) is 0.701. The molecule has 0 aromatic heterocycles. The predicted molar refractivity (Wildman–Crippen MR) is 69.6 cm³/mol. The lowest BCUT2D eigenvalue weighted by Gasteiger charge is -2.05. The summed E-state index contributed by atoms with van der Waals surface area (Å²) in [4.78, 5) is 11.6. The maximum absolute atomic E-state index is 11.6. The molecule has 1 aromatic rings. The molecule has 0 aliphatic carbocycles. The molecule has 0 aliphatic heterocycles. The number of amides is 1. The summed E-state index contributed by atoms with van der Waals surface area (Å²) in [5, 5.41) is 6.09. The molecule has 1 rings (SSSR count). The van der Waals surface area contributed by atoms with Gasteiger partial charge in [0.15, 0.2) is 0 Å². The molecule has 0 unspecified atom stereocenters. The third kappa shape index (κ3) is 4.77. The molecule has 0 radical (unpaired) electrons. The molecule has 4 heteroatoms. The van der Waals surface area contributed by atoms with Gasteiger partial charge in [0.25, 0.3) is 5.91 Å². The second-order valence-electron chi connectivity index (χ2n) is 3.47. The third-order valence-corrected chi connectivity index (χ3v) is 2.70. The van der Waals surface area contributed by atoms with E-state index in [4.69, 9.17) is 0 Å². The summed E-state index contributed by atoms with van der Waals surface area (Å²) in [6.45, 7) is 4.69. The summed E-state index contributed by atoms with van der Waals surface area (Å²) in [7, 11) is 0. The summed E-state index contributed by atoms with van der Waals surface area (Å²) >= 11 is 3.34. The molecule has 0 spiro atoms. The smallest absolute Gasteiger partial charge is 0.251 e. The number of carbonyl (C=O) groups excluding carboxylic acids is 1. The van der Waals surface area contributed by atoms with Crippen molar-refractivity contribution >= 4 is 21.8 Å². The number of halogens is 1. The van der Waals surface area contributed by atoms with Gasteiger partial charge in [-0.15, -0.1) is 0 Å². The Morgan fingerprint density at radius 3 is 2.56 bits per heavy atom. The van der Waals surface area contributed by atoms with E-state index in [0.717, 1.165) is 24.0 Å². The van der Waals surface area contributed by atoms with E-state index in [1.165, 1.54) is 0 Å². The molecule has 16 heavy (non-hydrogen) atoms. The SMILES string of the molecule is CCNCCCNC(=O)c1ccc(Br)cc1. The van der Waals surface area contributed by atoms with Gasteiger partial charge in [0.1, 0.15) is 0 Å². The van der Waals surface area contributed by atoms with Gasteiger partial charge in [-0.05, 0) is 43.8 Å². The summed E-state index contributed by atoms with van der Waals surface area (Å²) in [6.07, 6.45) is 0.954. The van der Waals surface area contributed by atoms with E-state index in [-0.39, 0.29) is 5.91 Å². The Kier molecular flexibility index (Phi) is 6.11. The molecular weight excluding hydrogens is 268 g/mol. The molecule has 3 nitrogen and oxygen atoms in total. The molecule has 0 saturated carbocycles. The minimum atomic E-state index is -0.0102. The van der Waals surface area contributed by atoms with Crippen LogP contribution >= 0.6 is 15.9 Å². The summed E-state index contributed by atoms with van der Waals surface area (Å²) < 4.78 is 0.983. The lowest BCUT2D eigenvalue weighted by Crippen LogP contribution is -2.27. The average molecular weight is 285 g/mol. The van der Waals surface area contributed by atoms with Gasteiger partial charge in [0.2, 0.25) is 0 Å². The number of hydrogen-bond donors (Lipinski definition) is 2. The van der Waals surface area contributed by atoms with Crippen molar-refractivity contribution in [3.05, 3.63) is 34.3 Å². The van der Waals surface area contributed by atoms with Crippen molar-refractivity contribution in [2.45, 2.75) is 13.3 Å². The van der Waals surface area contributed by atoms with Crippen molar-refractivity contribution in [1.82, 2.24) is 10.6 Å². The Morgan fingerprint density at radius 2 is 1.94 bits per heavy atom. The van der Waals surface area contributed by atoms with Crippen LogP contribution in [0, 0.1) is 0 Å². The van der Waals surface area contributed by atoms with Crippen LogP contribution in [-0.2, 0) is 0 Å². The second kappa shape index (κ2) is 7.41. The van der Waals surface area contributed by atoms with Crippen LogP contribution < -0.4 is 10.6 Å². The van der Waals surface area contributed by atoms with Gasteiger partial charge in [-0.2, -0.15) is 0 Å². The van der Waals surface area contributed by atoms with Gasteiger partial charge in [-0.1, -0.05) is 22.9 Å². The van der Waals surface area contributed by atoms with Gasteiger partial charge in [0.05, 0.1) is 0 Å². The van der Waals surface area contributed by atoms with Crippen molar-refractivity contribution in [2.24, 2.45) is 0 Å². The van der Waals surface area contributed by atoms with Crippen molar-refractivity contribution < 1.29 is 4.79 Å². The minimum absolute atomic E-state index is 0.0102. The highest BCUT2D eigenvalue weighted by atomic mass is 79.9. The minimum Gasteiger partial charge on any atom is -0.352 e. The molecule has 1 aromatic carbocycles. The zero-order valence-electron chi connectivity index (χ0n) is 9.42. The van der Waals surface area contributed by atoms with E-state index in [0.29, 0.717) is 12.1 Å². The molecule has 88 valence electrons. The Labute approximate surface area is 105 Å². The van der Waals surface area contributed by atoms with Crippen LogP contribution in [0.3, 0.4) is 0 Å². The van der Waals surface area contributed by atoms with Crippen LogP contribution in [0.25, 0.3) is 0 Å². The Hall–Kier alpha value is -0.870. The molecule has 0 atom stereocenters. The summed E-state index contributed by atoms with van der Waals surface area (Å²) in [6, 6.07) is 7.36. The highest BCUT2D eigenvalue weighted by Gasteiger charge is 2.03. The molecule has 1 amide bonds. The van der Waals surface area contributed by atoms with Gasteiger partial charge in [-0.25, -0.2) is 0 Å². The Morgan fingerprint density at radius 1 is 1.25 bits per heavy atom. The van der Waals surface area contributed by atoms with Crippen molar-refractivity contribution in [3.63, 3.8) is 0 Å². The molecule has 0 saturated heterocycles. The number of benzene rings is 1. The first-order valence-corrected chi connectivity index (χ1v) is 6.28. The first kappa shape index (κ1) is 13.2. The van der Waals surface area contributed by atoms with Gasteiger partial charge in [-0.3, -0.25) is 4.79 Å². The van der Waals surface area contributed by atoms with Crippen molar-refractivity contribution in [3.8, 4) is 0 Å². The zero-order valence-corrected chi connectivity index (χ0v) is 11.0. The zero-order chi connectivity index (χ0) is 11.8. The number of hydrogen-bond acceptors (Lipinski definition) is 2. The van der Waals surface area contributed by atoms with Crippen LogP contribution in [0.15, 0.2) is 28.7 Å². The topological polar surface area (TPSA) is 41.1 Å². The molecule has 0 fully saturated rings. The monoisotopic (exact) mass is 284 g/mol. The number of carbonyl (C=O) groups is 1. The van der Waals surface area contributed by atoms with E-state index in [9.17, 15) is 4.79 Å². The van der Waals surface area contributed by atoms with Crippen LogP contribution in [0.4, 0.5) is 0 Å². The largest absolute Gasteiger partial charge is 0.352 e. The van der Waals surface area contributed by atoms with Crippen LogP contribution in [0.2, 0.25) is 0 Å². The van der Waals surface area contributed by atoms with E-state index in [2.05, 4.69) is 33.5 Å². The van der Waals surface area contributed by atoms with Crippen LogP contribution in [0.5, 0.6) is 0 Å². The van der Waals surface area contributed by atoms with E-state index >= 15 is 0 Å². The normalized spacial score (nSPS) is 10.1. The average Bonchev–Trinajstić information content (AvgIpc) is 2.29. The first-order valence-electron chi connectivity index (χ1n) is 5.48. The van der Waals surface area contributed by atoms with E-state index in [1.54, 1.807) is 0 Å². The van der Waals surface area contributed by atoms with E-state index in [1.807, 2.05) is 24.3 Å². The Balaban J connectivity index is 2.27. The van der Waals surface area contributed by atoms with E-state index < -0.39 is 0 Å². The van der Waals surface area contributed by atoms with Crippen molar-refractivity contribution in [1.29, 1.82) is 0 Å². The Bertz CT molecular complexity index is 324.